The molecule has 1 aromatic heterocycles. The van der Waals surface area contributed by atoms with E-state index in [0.29, 0.717) is 12.2 Å². The summed E-state index contributed by atoms with van der Waals surface area (Å²) < 4.78 is 0.820. The largest absolute Gasteiger partial charge is 0.481 e. The highest BCUT2D eigenvalue weighted by atomic mass is 79.9. The highest BCUT2D eigenvalue weighted by molar-refractivity contribution is 9.10. The quantitative estimate of drug-likeness (QED) is 0.882. The molecule has 84 valence electrons. The second kappa shape index (κ2) is 4.21. The average Bonchev–Trinajstić information content (AvgIpc) is 3.01. The molecule has 5 nitrogen and oxygen atoms in total. The number of carboxylic acids is 1. The summed E-state index contributed by atoms with van der Waals surface area (Å²) in [4.78, 5) is 26.1. The second-order valence-electron chi connectivity index (χ2n) is 3.64. The van der Waals surface area contributed by atoms with Crippen LogP contribution in [0.1, 0.15) is 6.42 Å². The summed E-state index contributed by atoms with van der Waals surface area (Å²) in [6.45, 7) is 0. The van der Waals surface area contributed by atoms with Crippen molar-refractivity contribution in [1.82, 2.24) is 4.98 Å². The number of aliphatic carboxylic acids is 1. The SMILES string of the molecule is O=C(O)[C@H]1C[C@H]1C(=O)Nc1ccc(Br)cn1. The molecule has 1 aromatic rings. The lowest BCUT2D eigenvalue weighted by molar-refractivity contribution is -0.139. The molecule has 0 aromatic carbocycles. The Bertz CT molecular complexity index is 432. The number of nitrogens with one attached hydrogen (secondary N) is 1. The zero-order chi connectivity index (χ0) is 11.7. The highest BCUT2D eigenvalue weighted by Crippen LogP contribution is 2.39. The van der Waals surface area contributed by atoms with E-state index >= 15 is 0 Å². The molecule has 1 heterocycles. The Morgan fingerprint density at radius 1 is 1.44 bits per heavy atom. The number of carbonyl (C=O) groups is 2. The van der Waals surface area contributed by atoms with Crippen molar-refractivity contribution < 1.29 is 14.7 Å². The third kappa shape index (κ3) is 2.38. The number of nitrogens with zero attached hydrogens (tertiary/aromatic N) is 1. The maximum absolute atomic E-state index is 11.5. The van der Waals surface area contributed by atoms with E-state index in [2.05, 4.69) is 26.2 Å². The molecule has 0 unspecified atom stereocenters. The smallest absolute Gasteiger partial charge is 0.307 e. The predicted octanol–water partition coefficient (Wildman–Crippen LogP) is 1.50. The van der Waals surface area contributed by atoms with Gasteiger partial charge in [-0.1, -0.05) is 0 Å². The summed E-state index contributed by atoms with van der Waals surface area (Å²) in [5, 5.41) is 11.3. The third-order valence-electron chi connectivity index (χ3n) is 2.42. The van der Waals surface area contributed by atoms with Gasteiger partial charge in [0.15, 0.2) is 0 Å². The van der Waals surface area contributed by atoms with Gasteiger partial charge in [0.2, 0.25) is 5.91 Å². The second-order valence-corrected chi connectivity index (χ2v) is 4.55. The van der Waals surface area contributed by atoms with Crippen molar-refractivity contribution in [2.24, 2.45) is 11.8 Å². The number of pyridine rings is 1. The molecule has 2 rings (SSSR count). The van der Waals surface area contributed by atoms with E-state index in [1.165, 1.54) is 0 Å². The Morgan fingerprint density at radius 2 is 2.19 bits per heavy atom. The number of hydrogen-bond donors (Lipinski definition) is 2. The van der Waals surface area contributed by atoms with Gasteiger partial charge in [-0.05, 0) is 34.5 Å². The minimum atomic E-state index is -0.913. The summed E-state index contributed by atoms with van der Waals surface area (Å²) in [5.74, 6) is -1.70. The molecular formula is C10H9BrN2O3. The van der Waals surface area contributed by atoms with Gasteiger partial charge in [0.05, 0.1) is 11.8 Å². The van der Waals surface area contributed by atoms with Crippen LogP contribution in [0.4, 0.5) is 5.82 Å². The van der Waals surface area contributed by atoms with Gasteiger partial charge >= 0.3 is 5.97 Å². The Kier molecular flexibility index (Phi) is 2.91. The van der Waals surface area contributed by atoms with E-state index in [1.54, 1.807) is 18.3 Å². The Balaban J connectivity index is 1.94. The molecule has 1 saturated carbocycles. The van der Waals surface area contributed by atoms with Crippen molar-refractivity contribution in [1.29, 1.82) is 0 Å². The maximum Gasteiger partial charge on any atom is 0.307 e. The first-order valence-electron chi connectivity index (χ1n) is 4.73. The van der Waals surface area contributed by atoms with E-state index < -0.39 is 17.8 Å². The molecule has 0 aliphatic heterocycles. The Hall–Kier alpha value is -1.43. The van der Waals surface area contributed by atoms with Crippen molar-refractivity contribution >= 4 is 33.6 Å². The van der Waals surface area contributed by atoms with Crippen molar-refractivity contribution in [2.75, 3.05) is 5.32 Å². The minimum Gasteiger partial charge on any atom is -0.481 e. The lowest BCUT2D eigenvalue weighted by Gasteiger charge is -2.02. The fourth-order valence-electron chi connectivity index (χ4n) is 1.43. The first-order chi connectivity index (χ1) is 7.58. The Morgan fingerprint density at radius 3 is 2.69 bits per heavy atom. The molecule has 1 amide bonds. The molecule has 0 spiro atoms. The van der Waals surface area contributed by atoms with Gasteiger partial charge in [-0.15, -0.1) is 0 Å². The van der Waals surface area contributed by atoms with Gasteiger partial charge in [-0.25, -0.2) is 4.98 Å². The first kappa shape index (κ1) is 11.1. The molecule has 2 atom stereocenters. The topological polar surface area (TPSA) is 79.3 Å². The van der Waals surface area contributed by atoms with Crippen LogP contribution >= 0.6 is 15.9 Å². The van der Waals surface area contributed by atoms with Crippen molar-refractivity contribution in [3.63, 3.8) is 0 Å². The summed E-state index contributed by atoms with van der Waals surface area (Å²) in [5.41, 5.74) is 0. The molecule has 16 heavy (non-hydrogen) atoms. The van der Waals surface area contributed by atoms with Crippen LogP contribution in [0.15, 0.2) is 22.8 Å². The number of anilines is 1. The molecule has 0 bridgehead atoms. The minimum absolute atomic E-state index is 0.276. The summed E-state index contributed by atoms with van der Waals surface area (Å²) in [6, 6.07) is 3.41. The molecule has 0 radical (unpaired) electrons. The van der Waals surface area contributed by atoms with Gasteiger partial charge in [0.25, 0.3) is 0 Å². The van der Waals surface area contributed by atoms with Crippen LogP contribution in [-0.4, -0.2) is 22.0 Å². The van der Waals surface area contributed by atoms with Crippen LogP contribution in [0.3, 0.4) is 0 Å². The standard InChI is InChI=1S/C10H9BrN2O3/c11-5-1-2-8(12-4-5)13-9(14)6-3-7(6)10(15)16/h1-2,4,6-7H,3H2,(H,15,16)(H,12,13,14)/t6-,7+/m1/s1. The monoisotopic (exact) mass is 284 g/mol. The van der Waals surface area contributed by atoms with Crippen LogP contribution in [0.2, 0.25) is 0 Å². The molecule has 1 aliphatic carbocycles. The van der Waals surface area contributed by atoms with Gasteiger partial charge in [0, 0.05) is 10.7 Å². The van der Waals surface area contributed by atoms with Crippen LogP contribution in [0, 0.1) is 11.8 Å². The molecular weight excluding hydrogens is 276 g/mol. The molecule has 6 heteroatoms. The van der Waals surface area contributed by atoms with E-state index in [-0.39, 0.29) is 5.91 Å². The van der Waals surface area contributed by atoms with Crippen LogP contribution in [-0.2, 0) is 9.59 Å². The number of aromatic nitrogens is 1. The summed E-state index contributed by atoms with van der Waals surface area (Å²) in [6.07, 6.45) is 1.98. The van der Waals surface area contributed by atoms with E-state index in [4.69, 9.17) is 5.11 Å². The molecule has 1 aliphatic rings. The zero-order valence-corrected chi connectivity index (χ0v) is 9.77. The number of halogens is 1. The normalized spacial score (nSPS) is 22.6. The number of hydrogen-bond acceptors (Lipinski definition) is 3. The van der Waals surface area contributed by atoms with Gasteiger partial charge in [-0.2, -0.15) is 0 Å². The zero-order valence-electron chi connectivity index (χ0n) is 8.18. The molecule has 1 fully saturated rings. The number of rotatable bonds is 3. The van der Waals surface area contributed by atoms with E-state index in [1.807, 2.05) is 0 Å². The Labute approximate surface area is 100 Å². The number of carboxylic acid groups (broad SMARTS) is 1. The van der Waals surface area contributed by atoms with Crippen LogP contribution < -0.4 is 5.32 Å². The van der Waals surface area contributed by atoms with Gasteiger partial charge in [0.1, 0.15) is 5.82 Å². The molecule has 2 N–H and O–H groups in total. The molecule has 0 saturated heterocycles. The van der Waals surface area contributed by atoms with E-state index in [9.17, 15) is 9.59 Å². The van der Waals surface area contributed by atoms with Crippen molar-refractivity contribution in [3.8, 4) is 0 Å². The third-order valence-corrected chi connectivity index (χ3v) is 2.89. The maximum atomic E-state index is 11.5. The highest BCUT2D eigenvalue weighted by Gasteiger charge is 2.48. The summed E-state index contributed by atoms with van der Waals surface area (Å²) >= 11 is 3.23. The lowest BCUT2D eigenvalue weighted by Crippen LogP contribution is -2.17. The van der Waals surface area contributed by atoms with Crippen LogP contribution in [0.5, 0.6) is 0 Å². The van der Waals surface area contributed by atoms with Gasteiger partial charge in [-0.3, -0.25) is 9.59 Å². The average molecular weight is 285 g/mol. The van der Waals surface area contributed by atoms with Crippen molar-refractivity contribution in [2.45, 2.75) is 6.42 Å². The fraction of sp³-hybridized carbons (Fsp3) is 0.300. The van der Waals surface area contributed by atoms with Gasteiger partial charge < -0.3 is 10.4 Å². The number of amides is 1. The fourth-order valence-corrected chi connectivity index (χ4v) is 1.66. The van der Waals surface area contributed by atoms with Crippen LogP contribution in [0.25, 0.3) is 0 Å². The summed E-state index contributed by atoms with van der Waals surface area (Å²) in [7, 11) is 0. The van der Waals surface area contributed by atoms with E-state index in [0.717, 1.165) is 4.47 Å². The van der Waals surface area contributed by atoms with Crippen molar-refractivity contribution in [3.05, 3.63) is 22.8 Å². The first-order valence-corrected chi connectivity index (χ1v) is 5.52. The number of carbonyl (C=O) groups excluding carboxylic acids is 1. The lowest BCUT2D eigenvalue weighted by atomic mass is 10.3. The predicted molar refractivity (Wildman–Crippen MR) is 59.8 cm³/mol.